The van der Waals surface area contributed by atoms with E-state index in [1.54, 1.807) is 13.2 Å². The zero-order chi connectivity index (χ0) is 23.9. The summed E-state index contributed by atoms with van der Waals surface area (Å²) in [7, 11) is 3.19. The van der Waals surface area contributed by atoms with Gasteiger partial charge in [-0.05, 0) is 55.1 Å². The van der Waals surface area contributed by atoms with Gasteiger partial charge in [0.1, 0.15) is 11.5 Å². The van der Waals surface area contributed by atoms with E-state index in [0.717, 1.165) is 75.7 Å². The minimum absolute atomic E-state index is 0.134. The summed E-state index contributed by atoms with van der Waals surface area (Å²) in [5, 5.41) is 9.83. The molecule has 0 bridgehead atoms. The van der Waals surface area contributed by atoms with Crippen molar-refractivity contribution in [1.29, 1.82) is 0 Å². The number of hydrogen-bond acceptors (Lipinski definition) is 7. The maximum atomic E-state index is 11.9. The Morgan fingerprint density at radius 2 is 1.82 bits per heavy atom. The highest BCUT2D eigenvalue weighted by atomic mass is 16.5. The molecule has 34 heavy (non-hydrogen) atoms. The fourth-order valence-corrected chi connectivity index (χ4v) is 5.51. The van der Waals surface area contributed by atoms with Gasteiger partial charge in [-0.2, -0.15) is 0 Å². The number of nitrogens with zero attached hydrogens (tertiary/aromatic N) is 3. The van der Waals surface area contributed by atoms with Gasteiger partial charge in [0.2, 0.25) is 0 Å². The number of phenols is 1. The van der Waals surface area contributed by atoms with Crippen LogP contribution in [0.15, 0.2) is 48.5 Å². The van der Waals surface area contributed by atoms with Crippen molar-refractivity contribution in [1.82, 2.24) is 9.80 Å². The molecule has 4 rings (SSSR count). The van der Waals surface area contributed by atoms with Crippen LogP contribution < -0.4 is 9.64 Å². The highest BCUT2D eigenvalue weighted by Gasteiger charge is 2.35. The Kier molecular flexibility index (Phi) is 8.29. The van der Waals surface area contributed by atoms with Crippen molar-refractivity contribution in [2.45, 2.75) is 31.8 Å². The molecule has 2 heterocycles. The summed E-state index contributed by atoms with van der Waals surface area (Å²) < 4.78 is 10.5. The van der Waals surface area contributed by atoms with Crippen molar-refractivity contribution in [2.24, 2.45) is 5.92 Å². The van der Waals surface area contributed by atoms with Crippen LogP contribution in [0.25, 0.3) is 0 Å². The number of methoxy groups -OCH3 is 2. The normalized spacial score (nSPS) is 21.9. The zero-order valence-corrected chi connectivity index (χ0v) is 20.4. The topological polar surface area (TPSA) is 65.5 Å². The molecule has 2 aromatic rings. The average Bonchev–Trinajstić information content (AvgIpc) is 2.87. The third-order valence-electron chi connectivity index (χ3n) is 7.25. The summed E-state index contributed by atoms with van der Waals surface area (Å²) in [5.41, 5.74) is 2.28. The van der Waals surface area contributed by atoms with E-state index in [1.165, 1.54) is 7.11 Å². The lowest BCUT2D eigenvalue weighted by Crippen LogP contribution is -2.56. The smallest absolute Gasteiger partial charge is 0.305 e. The molecular formula is C27H37N3O4. The number of esters is 1. The van der Waals surface area contributed by atoms with E-state index in [-0.39, 0.29) is 5.97 Å². The number of piperazine rings is 1. The molecule has 2 saturated heterocycles. The summed E-state index contributed by atoms with van der Waals surface area (Å²) in [6.07, 6.45) is 2.37. The standard InChI is InChI=1S/C27H37N3O4/c1-33-26-9-4-3-8-25(26)30-16-14-29(15-17-30)24-12-13-28(19-21-6-5-7-23(31)18-21)20-22(24)10-11-27(32)34-2/h3-9,18,22,24,31H,10-17,19-20H2,1-2H3/t22-,24+/m0/s1. The zero-order valence-electron chi connectivity index (χ0n) is 20.4. The van der Waals surface area contributed by atoms with Crippen LogP contribution in [-0.2, 0) is 16.1 Å². The molecule has 0 amide bonds. The SMILES string of the molecule is COC(=O)CC[C@H]1CN(Cc2cccc(O)c2)CC[C@H]1N1CCN(c2ccccc2OC)CC1. The van der Waals surface area contributed by atoms with Crippen LogP contribution in [0.1, 0.15) is 24.8 Å². The summed E-state index contributed by atoms with van der Waals surface area (Å²) in [6.45, 7) is 6.72. The molecule has 7 nitrogen and oxygen atoms in total. The first-order chi connectivity index (χ1) is 16.6. The molecule has 184 valence electrons. The Morgan fingerprint density at radius 3 is 2.56 bits per heavy atom. The van der Waals surface area contributed by atoms with E-state index < -0.39 is 0 Å². The number of para-hydroxylation sites is 2. The third kappa shape index (κ3) is 6.02. The van der Waals surface area contributed by atoms with E-state index in [2.05, 4.69) is 32.9 Å². The number of anilines is 1. The monoisotopic (exact) mass is 467 g/mol. The quantitative estimate of drug-likeness (QED) is 0.597. The number of piperidine rings is 1. The van der Waals surface area contributed by atoms with Gasteiger partial charge in [-0.15, -0.1) is 0 Å². The van der Waals surface area contributed by atoms with Gasteiger partial charge in [-0.1, -0.05) is 24.3 Å². The van der Waals surface area contributed by atoms with Crippen LogP contribution in [0.3, 0.4) is 0 Å². The number of carbonyl (C=O) groups excluding carboxylic acids is 1. The predicted molar refractivity (Wildman–Crippen MR) is 133 cm³/mol. The first-order valence-corrected chi connectivity index (χ1v) is 12.3. The number of likely N-dealkylation sites (tertiary alicyclic amines) is 1. The summed E-state index contributed by atoms with van der Waals surface area (Å²) >= 11 is 0. The van der Waals surface area contributed by atoms with Crippen LogP contribution in [0.4, 0.5) is 5.69 Å². The fraction of sp³-hybridized carbons (Fsp3) is 0.519. The molecule has 1 N–H and O–H groups in total. The Bertz CT molecular complexity index is 945. The number of hydrogen-bond donors (Lipinski definition) is 1. The van der Waals surface area contributed by atoms with Gasteiger partial charge in [0.15, 0.2) is 0 Å². The second kappa shape index (κ2) is 11.6. The number of carbonyl (C=O) groups is 1. The minimum Gasteiger partial charge on any atom is -0.508 e. The van der Waals surface area contributed by atoms with Crippen molar-refractivity contribution in [3.05, 3.63) is 54.1 Å². The predicted octanol–water partition coefficient (Wildman–Crippen LogP) is 3.37. The molecule has 7 heteroatoms. The molecule has 0 radical (unpaired) electrons. The Hall–Kier alpha value is -2.77. The van der Waals surface area contributed by atoms with Crippen molar-refractivity contribution in [3.63, 3.8) is 0 Å². The first-order valence-electron chi connectivity index (χ1n) is 12.3. The van der Waals surface area contributed by atoms with Gasteiger partial charge >= 0.3 is 5.97 Å². The van der Waals surface area contributed by atoms with E-state index in [9.17, 15) is 9.90 Å². The molecule has 2 aliphatic heterocycles. The van der Waals surface area contributed by atoms with Gasteiger partial charge in [0.05, 0.1) is 19.9 Å². The maximum absolute atomic E-state index is 11.9. The van der Waals surface area contributed by atoms with E-state index in [1.807, 2.05) is 24.3 Å². The number of benzene rings is 2. The first kappa shape index (κ1) is 24.4. The number of aromatic hydroxyl groups is 1. The molecule has 0 aromatic heterocycles. The van der Waals surface area contributed by atoms with Gasteiger partial charge in [-0.25, -0.2) is 0 Å². The van der Waals surface area contributed by atoms with Gasteiger partial charge in [0, 0.05) is 51.7 Å². The summed E-state index contributed by atoms with van der Waals surface area (Å²) in [6, 6.07) is 16.2. The highest BCUT2D eigenvalue weighted by molar-refractivity contribution is 5.69. The van der Waals surface area contributed by atoms with E-state index in [4.69, 9.17) is 9.47 Å². The molecule has 2 fully saturated rings. The molecule has 0 aliphatic carbocycles. The van der Waals surface area contributed by atoms with Crippen LogP contribution in [0.5, 0.6) is 11.5 Å². The molecule has 0 unspecified atom stereocenters. The van der Waals surface area contributed by atoms with Crippen molar-refractivity contribution >= 4 is 11.7 Å². The van der Waals surface area contributed by atoms with Crippen LogP contribution in [0, 0.1) is 5.92 Å². The van der Waals surface area contributed by atoms with Gasteiger partial charge in [-0.3, -0.25) is 14.6 Å². The maximum Gasteiger partial charge on any atom is 0.305 e. The molecule has 2 aromatic carbocycles. The van der Waals surface area contributed by atoms with Crippen molar-refractivity contribution in [3.8, 4) is 11.5 Å². The molecular weight excluding hydrogens is 430 g/mol. The lowest BCUT2D eigenvalue weighted by atomic mass is 9.86. The fourth-order valence-electron chi connectivity index (χ4n) is 5.51. The average molecular weight is 468 g/mol. The second-order valence-corrected chi connectivity index (χ2v) is 9.33. The largest absolute Gasteiger partial charge is 0.508 e. The summed E-state index contributed by atoms with van der Waals surface area (Å²) in [4.78, 5) is 19.4. The number of ether oxygens (including phenoxy) is 2. The third-order valence-corrected chi connectivity index (χ3v) is 7.25. The van der Waals surface area contributed by atoms with Crippen LogP contribution >= 0.6 is 0 Å². The van der Waals surface area contributed by atoms with Crippen LogP contribution in [-0.4, -0.2) is 80.4 Å². The molecule has 0 spiro atoms. The van der Waals surface area contributed by atoms with Crippen LogP contribution in [0.2, 0.25) is 0 Å². The van der Waals surface area contributed by atoms with Gasteiger partial charge in [0.25, 0.3) is 0 Å². The molecule has 2 atom stereocenters. The number of phenolic OH excluding ortho intramolecular Hbond substituents is 1. The van der Waals surface area contributed by atoms with Crippen molar-refractivity contribution in [2.75, 3.05) is 58.4 Å². The molecule has 0 saturated carbocycles. The van der Waals surface area contributed by atoms with E-state index >= 15 is 0 Å². The lowest BCUT2D eigenvalue weighted by molar-refractivity contribution is -0.141. The Morgan fingerprint density at radius 1 is 1.03 bits per heavy atom. The van der Waals surface area contributed by atoms with Crippen molar-refractivity contribution < 1.29 is 19.4 Å². The Labute approximate surface area is 202 Å². The van der Waals surface area contributed by atoms with Gasteiger partial charge < -0.3 is 19.5 Å². The summed E-state index contributed by atoms with van der Waals surface area (Å²) in [5.74, 6) is 1.50. The molecule has 2 aliphatic rings. The Balaban J connectivity index is 1.40. The lowest BCUT2D eigenvalue weighted by Gasteiger charge is -2.47. The van der Waals surface area contributed by atoms with E-state index in [0.29, 0.717) is 24.1 Å². The number of rotatable bonds is 8. The minimum atomic E-state index is -0.134. The second-order valence-electron chi connectivity index (χ2n) is 9.33. The highest BCUT2D eigenvalue weighted by Crippen LogP contribution is 2.32.